The molecule has 0 spiro atoms. The van der Waals surface area contributed by atoms with Gasteiger partial charge in [-0.1, -0.05) is 54.6 Å². The molecule has 3 heterocycles. The van der Waals surface area contributed by atoms with Crippen molar-refractivity contribution in [3.8, 4) is 5.69 Å². The van der Waals surface area contributed by atoms with Crippen LogP contribution in [-0.2, 0) is 19.7 Å². The van der Waals surface area contributed by atoms with Gasteiger partial charge in [0.1, 0.15) is 0 Å². The number of nitrogens with zero attached hydrogens (tertiary/aromatic N) is 3. The lowest BCUT2D eigenvalue weighted by atomic mass is 10.1. The van der Waals surface area contributed by atoms with Crippen molar-refractivity contribution < 1.29 is 16.8 Å². The van der Waals surface area contributed by atoms with Gasteiger partial charge in [0.05, 0.1) is 32.3 Å². The van der Waals surface area contributed by atoms with Crippen LogP contribution >= 0.6 is 0 Å². The Labute approximate surface area is 250 Å². The molecular weight excluding hydrogens is 579 g/mol. The van der Waals surface area contributed by atoms with Crippen molar-refractivity contribution in [1.29, 1.82) is 0 Å². The van der Waals surface area contributed by atoms with Crippen LogP contribution in [0, 0.1) is 0 Å². The maximum atomic E-state index is 13.2. The molecule has 0 unspecified atom stereocenters. The van der Waals surface area contributed by atoms with Crippen molar-refractivity contribution in [3.63, 3.8) is 0 Å². The zero-order valence-corrected chi connectivity index (χ0v) is 24.6. The van der Waals surface area contributed by atoms with Crippen molar-refractivity contribution in [1.82, 2.24) is 14.5 Å². The monoisotopic (exact) mass is 605 g/mol. The quantitative estimate of drug-likeness (QED) is 0.185. The Bertz CT molecular complexity index is 2190. The Kier molecular flexibility index (Phi) is 7.75. The minimum atomic E-state index is -3.59. The number of sulfone groups is 2. The molecule has 3 aromatic carbocycles. The first kappa shape index (κ1) is 28.3. The normalized spacial score (nSPS) is 12.6. The van der Waals surface area contributed by atoms with Crippen LogP contribution in [0.3, 0.4) is 0 Å². The van der Waals surface area contributed by atoms with Crippen LogP contribution in [-0.4, -0.2) is 42.9 Å². The molecular formula is C34H27N3O4S2. The summed E-state index contributed by atoms with van der Waals surface area (Å²) in [5, 5.41) is 1.70. The van der Waals surface area contributed by atoms with Gasteiger partial charge in [0.15, 0.2) is 19.7 Å². The number of hydrogen-bond acceptors (Lipinski definition) is 6. The fourth-order valence-corrected chi connectivity index (χ4v) is 7.20. The molecule has 0 saturated heterocycles. The van der Waals surface area contributed by atoms with Gasteiger partial charge in [-0.2, -0.15) is 0 Å². The average Bonchev–Trinajstić information content (AvgIpc) is 3.36. The molecule has 43 heavy (non-hydrogen) atoms. The lowest BCUT2D eigenvalue weighted by molar-refractivity contribution is 0.597. The molecule has 0 aliphatic heterocycles. The Morgan fingerprint density at radius 3 is 1.74 bits per heavy atom. The molecule has 214 valence electrons. The molecule has 9 heteroatoms. The Hall–Kier alpha value is -4.86. The number of fused-ring (bicyclic) bond motifs is 3. The van der Waals surface area contributed by atoms with E-state index in [0.717, 1.165) is 38.6 Å². The minimum absolute atomic E-state index is 0.134. The van der Waals surface area contributed by atoms with Gasteiger partial charge in [-0.05, 0) is 71.8 Å². The minimum Gasteiger partial charge on any atom is -0.309 e. The van der Waals surface area contributed by atoms with Gasteiger partial charge in [0.25, 0.3) is 0 Å². The van der Waals surface area contributed by atoms with Gasteiger partial charge in [0, 0.05) is 41.2 Å². The van der Waals surface area contributed by atoms with E-state index in [1.165, 1.54) is 0 Å². The van der Waals surface area contributed by atoms with Crippen molar-refractivity contribution in [3.05, 3.63) is 139 Å². The van der Waals surface area contributed by atoms with Crippen LogP contribution < -0.4 is 0 Å². The second-order valence-corrected chi connectivity index (χ2v) is 14.0. The van der Waals surface area contributed by atoms with Gasteiger partial charge in [0.2, 0.25) is 0 Å². The van der Waals surface area contributed by atoms with Crippen molar-refractivity contribution in [2.45, 2.75) is 9.79 Å². The van der Waals surface area contributed by atoms with Crippen LogP contribution in [0.2, 0.25) is 0 Å². The highest BCUT2D eigenvalue weighted by Crippen LogP contribution is 2.34. The number of hydrogen-bond donors (Lipinski definition) is 0. The molecule has 0 bridgehead atoms. The molecule has 0 amide bonds. The maximum Gasteiger partial charge on any atom is 0.181 e. The van der Waals surface area contributed by atoms with Crippen molar-refractivity contribution in [2.24, 2.45) is 0 Å². The van der Waals surface area contributed by atoms with Gasteiger partial charge in [-0.3, -0.25) is 9.97 Å². The second-order valence-electron chi connectivity index (χ2n) is 9.97. The van der Waals surface area contributed by atoms with Crippen molar-refractivity contribution in [2.75, 3.05) is 11.5 Å². The van der Waals surface area contributed by atoms with E-state index < -0.39 is 19.7 Å². The molecule has 0 aliphatic rings. The predicted octanol–water partition coefficient (Wildman–Crippen LogP) is 6.55. The van der Waals surface area contributed by atoms with Gasteiger partial charge in [-0.15, -0.1) is 0 Å². The summed E-state index contributed by atoms with van der Waals surface area (Å²) in [7, 11) is -7.13. The third kappa shape index (κ3) is 6.04. The number of aromatic nitrogens is 3. The summed E-state index contributed by atoms with van der Waals surface area (Å²) in [4.78, 5) is 8.54. The Morgan fingerprint density at radius 2 is 1.14 bits per heavy atom. The molecule has 0 N–H and O–H groups in total. The van der Waals surface area contributed by atoms with E-state index in [-0.39, 0.29) is 21.3 Å². The standard InChI is InChI=1S/C34H27N3O4S2/c38-42(39,21-5-9-26-7-3-19-35-24-26)29-15-13-28(14-16-29)37-33-12-2-1-11-31(33)32-23-30(17-18-34(32)37)43(40,41)22-6-10-27-8-4-20-36-25-27/h1-20,23-25H,21-22H2. The number of para-hydroxylation sites is 1. The molecule has 0 fully saturated rings. The first-order chi connectivity index (χ1) is 20.8. The summed E-state index contributed by atoms with van der Waals surface area (Å²) in [6, 6.07) is 27.0. The maximum absolute atomic E-state index is 13.2. The number of benzene rings is 3. The number of rotatable bonds is 9. The highest BCUT2D eigenvalue weighted by Gasteiger charge is 2.19. The molecule has 3 aromatic heterocycles. The summed E-state index contributed by atoms with van der Waals surface area (Å²) in [5.41, 5.74) is 4.14. The zero-order valence-electron chi connectivity index (χ0n) is 23.0. The van der Waals surface area contributed by atoms with Crippen LogP contribution in [0.25, 0.3) is 39.6 Å². The Morgan fingerprint density at radius 1 is 0.581 bits per heavy atom. The SMILES string of the molecule is O=S(=O)(CC=Cc1cccnc1)c1ccc(-n2c3ccccc3c3cc(S(=O)(=O)CC=Cc4cccnc4)ccc32)cc1. The van der Waals surface area contributed by atoms with Gasteiger partial charge in [-0.25, -0.2) is 16.8 Å². The smallest absolute Gasteiger partial charge is 0.181 e. The van der Waals surface area contributed by atoms with E-state index in [2.05, 4.69) is 9.97 Å². The second kappa shape index (κ2) is 11.8. The van der Waals surface area contributed by atoms with E-state index in [0.29, 0.717) is 0 Å². The van der Waals surface area contributed by atoms with Crippen LogP contribution in [0.1, 0.15) is 11.1 Å². The van der Waals surface area contributed by atoms with E-state index in [4.69, 9.17) is 0 Å². The van der Waals surface area contributed by atoms with E-state index in [9.17, 15) is 16.8 Å². The fourth-order valence-electron chi connectivity index (χ4n) is 4.99. The predicted molar refractivity (Wildman–Crippen MR) is 171 cm³/mol. The zero-order chi connectivity index (χ0) is 29.9. The first-order valence-corrected chi connectivity index (χ1v) is 16.8. The topological polar surface area (TPSA) is 99.0 Å². The van der Waals surface area contributed by atoms with E-state index in [1.807, 2.05) is 41.0 Å². The van der Waals surface area contributed by atoms with Gasteiger partial charge >= 0.3 is 0 Å². The van der Waals surface area contributed by atoms with E-state index >= 15 is 0 Å². The highest BCUT2D eigenvalue weighted by molar-refractivity contribution is 7.91. The first-order valence-electron chi connectivity index (χ1n) is 13.5. The highest BCUT2D eigenvalue weighted by atomic mass is 32.2. The summed E-state index contributed by atoms with van der Waals surface area (Å²) < 4.78 is 54.5. The molecule has 0 aliphatic carbocycles. The molecule has 0 atom stereocenters. The summed E-state index contributed by atoms with van der Waals surface area (Å²) in [6.07, 6.45) is 13.4. The van der Waals surface area contributed by atoms with Gasteiger partial charge < -0.3 is 4.57 Å². The summed E-state index contributed by atoms with van der Waals surface area (Å²) in [5.74, 6) is -0.273. The van der Waals surface area contributed by atoms with E-state index in [1.54, 1.807) is 104 Å². The van der Waals surface area contributed by atoms with Crippen LogP contribution in [0.5, 0.6) is 0 Å². The number of pyridine rings is 2. The summed E-state index contributed by atoms with van der Waals surface area (Å²) >= 11 is 0. The fraction of sp³-hybridized carbons (Fsp3) is 0.0588. The third-order valence-corrected chi connectivity index (χ3v) is 10.3. The molecule has 0 radical (unpaired) electrons. The molecule has 6 rings (SSSR count). The molecule has 6 aromatic rings. The van der Waals surface area contributed by atoms with Crippen molar-refractivity contribution >= 4 is 53.6 Å². The lowest BCUT2D eigenvalue weighted by Gasteiger charge is -2.10. The molecule has 0 saturated carbocycles. The third-order valence-electron chi connectivity index (χ3n) is 7.08. The largest absolute Gasteiger partial charge is 0.309 e. The van der Waals surface area contributed by atoms with Crippen LogP contribution in [0.4, 0.5) is 0 Å². The summed E-state index contributed by atoms with van der Waals surface area (Å²) in [6.45, 7) is 0. The van der Waals surface area contributed by atoms with Crippen LogP contribution in [0.15, 0.2) is 138 Å². The average molecular weight is 606 g/mol. The lowest BCUT2D eigenvalue weighted by Crippen LogP contribution is -2.05. The molecule has 7 nitrogen and oxygen atoms in total. The Balaban J connectivity index is 1.31.